The van der Waals surface area contributed by atoms with Crippen molar-refractivity contribution in [1.29, 1.82) is 0 Å². The van der Waals surface area contributed by atoms with Gasteiger partial charge in [0.15, 0.2) is 0 Å². The van der Waals surface area contributed by atoms with Crippen LogP contribution in [0.15, 0.2) is 54.1 Å². The summed E-state index contributed by atoms with van der Waals surface area (Å²) in [5.41, 5.74) is 3.81. The molecular formula is C15H18. The van der Waals surface area contributed by atoms with E-state index >= 15 is 0 Å². The molecule has 0 heterocycles. The summed E-state index contributed by atoms with van der Waals surface area (Å²) in [5, 5.41) is 0. The van der Waals surface area contributed by atoms with E-state index < -0.39 is 0 Å². The molecule has 0 radical (unpaired) electrons. The largest absolute Gasteiger partial charge is 0.0874 e. The van der Waals surface area contributed by atoms with Gasteiger partial charge in [0.2, 0.25) is 0 Å². The van der Waals surface area contributed by atoms with Crippen LogP contribution in [0.1, 0.15) is 25.0 Å². The molecule has 0 fully saturated rings. The fraction of sp³-hybridized carbons (Fsp3) is 0.200. The Morgan fingerprint density at radius 1 is 1.27 bits per heavy atom. The van der Waals surface area contributed by atoms with Crippen LogP contribution in [-0.4, -0.2) is 0 Å². The van der Waals surface area contributed by atoms with Crippen LogP contribution in [0.3, 0.4) is 0 Å². The molecule has 1 aromatic rings. The lowest BCUT2D eigenvalue weighted by atomic mass is 10.1. The zero-order valence-corrected chi connectivity index (χ0v) is 9.70. The maximum Gasteiger partial charge on any atom is -0.0254 e. The average Bonchev–Trinajstić information content (AvgIpc) is 2.18. The Labute approximate surface area is 92.6 Å². The van der Waals surface area contributed by atoms with Gasteiger partial charge in [0.05, 0.1) is 0 Å². The lowest BCUT2D eigenvalue weighted by Gasteiger charge is -1.94. The summed E-state index contributed by atoms with van der Waals surface area (Å²) < 4.78 is 0. The van der Waals surface area contributed by atoms with Crippen LogP contribution >= 0.6 is 0 Å². The van der Waals surface area contributed by atoms with Gasteiger partial charge < -0.3 is 0 Å². The number of hydrogen-bond acceptors (Lipinski definition) is 0. The molecule has 0 bridgehead atoms. The lowest BCUT2D eigenvalue weighted by molar-refractivity contribution is 1.46. The topological polar surface area (TPSA) is 0 Å². The molecule has 1 rings (SSSR count). The monoisotopic (exact) mass is 198 g/mol. The van der Waals surface area contributed by atoms with Gasteiger partial charge in [0, 0.05) is 0 Å². The Morgan fingerprint density at radius 2 is 2.07 bits per heavy atom. The van der Waals surface area contributed by atoms with Gasteiger partial charge in [0.1, 0.15) is 0 Å². The van der Waals surface area contributed by atoms with Crippen molar-refractivity contribution in [2.45, 2.75) is 20.8 Å². The van der Waals surface area contributed by atoms with E-state index in [4.69, 9.17) is 0 Å². The predicted molar refractivity (Wildman–Crippen MR) is 68.8 cm³/mol. The molecule has 0 saturated carbocycles. The minimum atomic E-state index is 1.25. The molecule has 0 amide bonds. The summed E-state index contributed by atoms with van der Waals surface area (Å²) in [5.74, 6) is 0. The van der Waals surface area contributed by atoms with Gasteiger partial charge >= 0.3 is 0 Å². The smallest absolute Gasteiger partial charge is 0.0254 e. The number of rotatable bonds is 3. The van der Waals surface area contributed by atoms with Crippen molar-refractivity contribution in [1.82, 2.24) is 0 Å². The van der Waals surface area contributed by atoms with Gasteiger partial charge in [-0.25, -0.2) is 0 Å². The molecule has 0 nitrogen and oxygen atoms in total. The summed E-state index contributed by atoms with van der Waals surface area (Å²) >= 11 is 0. The second-order valence-corrected chi connectivity index (χ2v) is 3.68. The summed E-state index contributed by atoms with van der Waals surface area (Å²) in [4.78, 5) is 0. The van der Waals surface area contributed by atoms with Crippen LogP contribution < -0.4 is 0 Å². The third-order valence-corrected chi connectivity index (χ3v) is 2.12. The highest BCUT2D eigenvalue weighted by atomic mass is 13.9. The maximum atomic E-state index is 2.18. The molecule has 0 N–H and O–H groups in total. The van der Waals surface area contributed by atoms with E-state index in [1.54, 1.807) is 0 Å². The molecule has 0 atom stereocenters. The zero-order chi connectivity index (χ0) is 11.1. The molecule has 0 aromatic heterocycles. The quantitative estimate of drug-likeness (QED) is 0.626. The first-order chi connectivity index (χ1) is 7.22. The van der Waals surface area contributed by atoms with Crippen molar-refractivity contribution in [3.05, 3.63) is 65.3 Å². The van der Waals surface area contributed by atoms with Crippen molar-refractivity contribution in [3.8, 4) is 0 Å². The molecule has 0 aliphatic rings. The van der Waals surface area contributed by atoms with E-state index in [0.29, 0.717) is 0 Å². The molecular weight excluding hydrogens is 180 g/mol. The van der Waals surface area contributed by atoms with Crippen LogP contribution in [0, 0.1) is 6.92 Å². The van der Waals surface area contributed by atoms with Crippen molar-refractivity contribution >= 4 is 6.08 Å². The third kappa shape index (κ3) is 4.46. The first kappa shape index (κ1) is 11.5. The molecule has 0 aliphatic carbocycles. The van der Waals surface area contributed by atoms with Crippen LogP contribution in [0.4, 0.5) is 0 Å². The SMILES string of the molecule is C\C=C/C(C)=C\C=C\c1cccc(C)c1. The zero-order valence-electron chi connectivity index (χ0n) is 9.70. The summed E-state index contributed by atoms with van der Waals surface area (Å²) in [7, 11) is 0. The van der Waals surface area contributed by atoms with Gasteiger partial charge in [-0.1, -0.05) is 65.8 Å². The Kier molecular flexibility index (Phi) is 4.62. The normalized spacial score (nSPS) is 12.9. The van der Waals surface area contributed by atoms with Crippen LogP contribution in [-0.2, 0) is 0 Å². The second kappa shape index (κ2) is 6.02. The molecule has 0 heteroatoms. The lowest BCUT2D eigenvalue weighted by Crippen LogP contribution is -1.73. The molecule has 78 valence electrons. The number of aryl methyl sites for hydroxylation is 1. The fourth-order valence-corrected chi connectivity index (χ4v) is 1.40. The Morgan fingerprint density at radius 3 is 2.73 bits per heavy atom. The van der Waals surface area contributed by atoms with Gasteiger partial charge in [0.25, 0.3) is 0 Å². The second-order valence-electron chi connectivity index (χ2n) is 3.68. The van der Waals surface area contributed by atoms with Gasteiger partial charge in [-0.2, -0.15) is 0 Å². The van der Waals surface area contributed by atoms with E-state index in [1.807, 2.05) is 13.0 Å². The van der Waals surface area contributed by atoms with Crippen molar-refractivity contribution in [2.75, 3.05) is 0 Å². The van der Waals surface area contributed by atoms with Gasteiger partial charge in [-0.05, 0) is 26.3 Å². The van der Waals surface area contributed by atoms with Crippen molar-refractivity contribution in [3.63, 3.8) is 0 Å². The molecule has 0 unspecified atom stereocenters. The van der Waals surface area contributed by atoms with E-state index in [0.717, 1.165) is 0 Å². The molecule has 15 heavy (non-hydrogen) atoms. The van der Waals surface area contributed by atoms with Crippen molar-refractivity contribution in [2.24, 2.45) is 0 Å². The minimum absolute atomic E-state index is 1.25. The highest BCUT2D eigenvalue weighted by molar-refractivity contribution is 5.52. The van der Waals surface area contributed by atoms with E-state index in [2.05, 4.69) is 62.4 Å². The summed E-state index contributed by atoms with van der Waals surface area (Å²) in [6.07, 6.45) is 10.5. The van der Waals surface area contributed by atoms with E-state index in [1.165, 1.54) is 16.7 Å². The molecule has 0 saturated heterocycles. The van der Waals surface area contributed by atoms with Gasteiger partial charge in [-0.3, -0.25) is 0 Å². The summed E-state index contributed by atoms with van der Waals surface area (Å²) in [6, 6.07) is 8.48. The Balaban J connectivity index is 2.70. The molecule has 1 aromatic carbocycles. The van der Waals surface area contributed by atoms with Crippen molar-refractivity contribution < 1.29 is 0 Å². The van der Waals surface area contributed by atoms with Crippen LogP contribution in [0.5, 0.6) is 0 Å². The third-order valence-electron chi connectivity index (χ3n) is 2.12. The maximum absolute atomic E-state index is 2.18. The van der Waals surface area contributed by atoms with E-state index in [9.17, 15) is 0 Å². The van der Waals surface area contributed by atoms with E-state index in [-0.39, 0.29) is 0 Å². The van der Waals surface area contributed by atoms with Crippen LogP contribution in [0.25, 0.3) is 6.08 Å². The first-order valence-electron chi connectivity index (χ1n) is 5.26. The van der Waals surface area contributed by atoms with Crippen LogP contribution in [0.2, 0.25) is 0 Å². The minimum Gasteiger partial charge on any atom is -0.0874 e. The first-order valence-corrected chi connectivity index (χ1v) is 5.26. The standard InChI is InChI=1S/C15H18/c1-4-7-13(2)8-5-10-15-11-6-9-14(3)12-15/h4-12H,1-3H3/b7-4-,10-5+,13-8-. The molecule has 0 spiro atoms. The average molecular weight is 198 g/mol. The predicted octanol–water partition coefficient (Wildman–Crippen LogP) is 4.53. The Bertz CT molecular complexity index is 392. The Hall–Kier alpha value is -1.56. The molecule has 0 aliphatic heterocycles. The number of benzene rings is 1. The van der Waals surface area contributed by atoms with Gasteiger partial charge in [-0.15, -0.1) is 0 Å². The highest BCUT2D eigenvalue weighted by Gasteiger charge is 1.85. The number of hydrogen-bond donors (Lipinski definition) is 0. The fourth-order valence-electron chi connectivity index (χ4n) is 1.40. The summed E-state index contributed by atoms with van der Waals surface area (Å²) in [6.45, 7) is 6.24. The highest BCUT2D eigenvalue weighted by Crippen LogP contribution is 2.06. The number of allylic oxidation sites excluding steroid dienone is 5.